The topological polar surface area (TPSA) is 47.6 Å². The SMILES string of the molecule is CN=C(N)OCCc1ccccc1F. The largest absolute Gasteiger partial charge is 0.465 e. The van der Waals surface area contributed by atoms with Crippen molar-refractivity contribution < 1.29 is 9.13 Å². The lowest BCUT2D eigenvalue weighted by Gasteiger charge is -2.04. The first-order chi connectivity index (χ1) is 6.74. The van der Waals surface area contributed by atoms with Crippen molar-refractivity contribution in [2.45, 2.75) is 6.42 Å². The Morgan fingerprint density at radius 2 is 2.21 bits per heavy atom. The fourth-order valence-corrected chi connectivity index (χ4v) is 1.03. The molecule has 0 aliphatic rings. The number of rotatable bonds is 3. The van der Waals surface area contributed by atoms with Crippen molar-refractivity contribution in [1.82, 2.24) is 0 Å². The van der Waals surface area contributed by atoms with Crippen LogP contribution in [-0.4, -0.2) is 19.7 Å². The molecule has 0 saturated heterocycles. The van der Waals surface area contributed by atoms with Gasteiger partial charge in [0.25, 0.3) is 6.02 Å². The molecule has 0 spiro atoms. The second kappa shape index (κ2) is 5.21. The zero-order chi connectivity index (χ0) is 10.4. The van der Waals surface area contributed by atoms with Gasteiger partial charge in [-0.2, -0.15) is 0 Å². The number of hydrogen-bond acceptors (Lipinski definition) is 2. The second-order valence-corrected chi connectivity index (χ2v) is 2.75. The maximum absolute atomic E-state index is 13.1. The fourth-order valence-electron chi connectivity index (χ4n) is 1.03. The highest BCUT2D eigenvalue weighted by Crippen LogP contribution is 2.06. The maximum atomic E-state index is 13.1. The van der Waals surface area contributed by atoms with E-state index in [1.165, 1.54) is 6.07 Å². The first-order valence-electron chi connectivity index (χ1n) is 4.32. The lowest BCUT2D eigenvalue weighted by atomic mass is 10.1. The summed E-state index contributed by atoms with van der Waals surface area (Å²) in [7, 11) is 1.54. The van der Waals surface area contributed by atoms with Gasteiger partial charge in [0.05, 0.1) is 6.61 Å². The lowest BCUT2D eigenvalue weighted by Crippen LogP contribution is -2.17. The molecule has 0 saturated carbocycles. The van der Waals surface area contributed by atoms with Gasteiger partial charge in [-0.15, -0.1) is 0 Å². The van der Waals surface area contributed by atoms with Gasteiger partial charge in [-0.25, -0.2) is 9.38 Å². The molecule has 0 radical (unpaired) electrons. The molecule has 1 rings (SSSR count). The summed E-state index contributed by atoms with van der Waals surface area (Å²) in [6, 6.07) is 6.71. The van der Waals surface area contributed by atoms with Crippen LogP contribution in [0.25, 0.3) is 0 Å². The Morgan fingerprint density at radius 1 is 1.50 bits per heavy atom. The van der Waals surface area contributed by atoms with Crippen LogP contribution in [0.4, 0.5) is 4.39 Å². The number of ether oxygens (including phenoxy) is 1. The van der Waals surface area contributed by atoms with Gasteiger partial charge in [0.15, 0.2) is 0 Å². The van der Waals surface area contributed by atoms with Crippen molar-refractivity contribution in [2.75, 3.05) is 13.7 Å². The summed E-state index contributed by atoms with van der Waals surface area (Å²) in [6.45, 7) is 0.337. The third-order valence-electron chi connectivity index (χ3n) is 1.80. The van der Waals surface area contributed by atoms with Crippen molar-refractivity contribution >= 4 is 6.02 Å². The number of nitrogens with two attached hydrogens (primary N) is 1. The van der Waals surface area contributed by atoms with Gasteiger partial charge in [-0.05, 0) is 11.6 Å². The molecule has 0 fully saturated rings. The summed E-state index contributed by atoms with van der Waals surface area (Å²) in [6.07, 6.45) is 0.489. The first kappa shape index (κ1) is 10.5. The molecule has 0 aliphatic carbocycles. The Labute approximate surface area is 82.4 Å². The molecule has 0 heterocycles. The Morgan fingerprint density at radius 3 is 2.86 bits per heavy atom. The number of halogens is 1. The Kier molecular flexibility index (Phi) is 3.91. The highest BCUT2D eigenvalue weighted by Gasteiger charge is 2.00. The van der Waals surface area contributed by atoms with Gasteiger partial charge in [0, 0.05) is 13.5 Å². The van der Waals surface area contributed by atoms with Crippen LogP contribution < -0.4 is 5.73 Å². The highest BCUT2D eigenvalue weighted by molar-refractivity contribution is 5.71. The fraction of sp³-hybridized carbons (Fsp3) is 0.300. The summed E-state index contributed by atoms with van der Waals surface area (Å²) >= 11 is 0. The molecule has 76 valence electrons. The molecule has 0 bridgehead atoms. The number of amidine groups is 1. The molecule has 1 aromatic rings. The van der Waals surface area contributed by atoms with Crippen LogP contribution in [0.1, 0.15) is 5.56 Å². The van der Waals surface area contributed by atoms with E-state index < -0.39 is 0 Å². The van der Waals surface area contributed by atoms with E-state index in [9.17, 15) is 4.39 Å². The Balaban J connectivity index is 2.43. The third-order valence-corrected chi connectivity index (χ3v) is 1.80. The van der Waals surface area contributed by atoms with E-state index in [1.54, 1.807) is 25.2 Å². The van der Waals surface area contributed by atoms with Gasteiger partial charge < -0.3 is 10.5 Å². The normalized spacial score (nSPS) is 11.4. The van der Waals surface area contributed by atoms with Gasteiger partial charge >= 0.3 is 0 Å². The van der Waals surface area contributed by atoms with Crippen LogP contribution in [0.15, 0.2) is 29.3 Å². The molecule has 0 aliphatic heterocycles. The van der Waals surface area contributed by atoms with Crippen LogP contribution in [0.5, 0.6) is 0 Å². The van der Waals surface area contributed by atoms with Crippen molar-refractivity contribution in [2.24, 2.45) is 10.7 Å². The summed E-state index contributed by atoms with van der Waals surface area (Å²) in [5.74, 6) is -0.219. The van der Waals surface area contributed by atoms with Crippen LogP contribution in [0.3, 0.4) is 0 Å². The van der Waals surface area contributed by atoms with E-state index >= 15 is 0 Å². The molecule has 14 heavy (non-hydrogen) atoms. The third kappa shape index (κ3) is 3.05. The van der Waals surface area contributed by atoms with E-state index in [1.807, 2.05) is 0 Å². The Hall–Kier alpha value is -1.58. The van der Waals surface area contributed by atoms with E-state index in [-0.39, 0.29) is 11.8 Å². The summed E-state index contributed by atoms with van der Waals surface area (Å²) in [5, 5.41) is 0. The van der Waals surface area contributed by atoms with Gasteiger partial charge in [0.1, 0.15) is 5.82 Å². The van der Waals surface area contributed by atoms with E-state index in [4.69, 9.17) is 10.5 Å². The van der Waals surface area contributed by atoms with Gasteiger partial charge in [-0.3, -0.25) is 0 Å². The van der Waals surface area contributed by atoms with Crippen molar-refractivity contribution in [1.29, 1.82) is 0 Å². The molecule has 0 unspecified atom stereocenters. The van der Waals surface area contributed by atoms with E-state index in [0.29, 0.717) is 18.6 Å². The predicted molar refractivity (Wildman–Crippen MR) is 53.6 cm³/mol. The van der Waals surface area contributed by atoms with Crippen LogP contribution in [0, 0.1) is 5.82 Å². The van der Waals surface area contributed by atoms with Gasteiger partial charge in [0.2, 0.25) is 0 Å². The van der Waals surface area contributed by atoms with Gasteiger partial charge in [-0.1, -0.05) is 18.2 Å². The van der Waals surface area contributed by atoms with Crippen molar-refractivity contribution in [3.05, 3.63) is 35.6 Å². The minimum Gasteiger partial charge on any atom is -0.465 e. The highest BCUT2D eigenvalue weighted by atomic mass is 19.1. The zero-order valence-corrected chi connectivity index (χ0v) is 8.03. The van der Waals surface area contributed by atoms with Crippen LogP contribution in [0.2, 0.25) is 0 Å². The van der Waals surface area contributed by atoms with Crippen molar-refractivity contribution in [3.8, 4) is 0 Å². The number of hydrogen-bond donors (Lipinski definition) is 1. The number of aliphatic imine (C=N–C) groups is 1. The molecule has 1 aromatic carbocycles. The Bertz CT molecular complexity index is 326. The summed E-state index contributed by atoms with van der Waals surface area (Å²) in [5.41, 5.74) is 5.93. The molecular formula is C10H13FN2O. The summed E-state index contributed by atoms with van der Waals surface area (Å²) < 4.78 is 18.1. The predicted octanol–water partition coefficient (Wildman–Crippen LogP) is 1.33. The summed E-state index contributed by atoms with van der Waals surface area (Å²) in [4.78, 5) is 3.62. The molecule has 0 aromatic heterocycles. The van der Waals surface area contributed by atoms with Crippen molar-refractivity contribution in [3.63, 3.8) is 0 Å². The second-order valence-electron chi connectivity index (χ2n) is 2.75. The van der Waals surface area contributed by atoms with Crippen LogP contribution >= 0.6 is 0 Å². The van der Waals surface area contributed by atoms with E-state index in [0.717, 1.165) is 0 Å². The molecule has 0 amide bonds. The molecule has 2 N–H and O–H groups in total. The quantitative estimate of drug-likeness (QED) is 0.585. The van der Waals surface area contributed by atoms with Crippen LogP contribution in [-0.2, 0) is 11.2 Å². The first-order valence-corrected chi connectivity index (χ1v) is 4.32. The maximum Gasteiger partial charge on any atom is 0.281 e. The average molecular weight is 196 g/mol. The average Bonchev–Trinajstić information content (AvgIpc) is 2.20. The molecule has 3 nitrogen and oxygen atoms in total. The lowest BCUT2D eigenvalue weighted by molar-refractivity contribution is 0.301. The number of nitrogens with zero attached hydrogens (tertiary/aromatic N) is 1. The standard InChI is InChI=1S/C10H13FN2O/c1-13-10(12)14-7-6-8-4-2-3-5-9(8)11/h2-5H,6-7H2,1H3,(H2,12,13). The minimum absolute atomic E-state index is 0.126. The monoisotopic (exact) mass is 196 g/mol. The smallest absolute Gasteiger partial charge is 0.281 e. The number of benzene rings is 1. The minimum atomic E-state index is -0.219. The molecular weight excluding hydrogens is 183 g/mol. The zero-order valence-electron chi connectivity index (χ0n) is 8.03. The molecule has 0 atom stereocenters. The molecule has 4 heteroatoms. The van der Waals surface area contributed by atoms with E-state index in [2.05, 4.69) is 4.99 Å².